The highest BCUT2D eigenvalue weighted by molar-refractivity contribution is 7.10. The molecule has 0 unspecified atom stereocenters. The van der Waals surface area contributed by atoms with Crippen LogP contribution in [0.2, 0.25) is 0 Å². The summed E-state index contributed by atoms with van der Waals surface area (Å²) in [5, 5.41) is 7.40. The minimum absolute atomic E-state index is 0.0587. The lowest BCUT2D eigenvalue weighted by atomic mass is 10.0. The van der Waals surface area contributed by atoms with Crippen LogP contribution in [0.3, 0.4) is 0 Å². The van der Waals surface area contributed by atoms with Gasteiger partial charge in [0.1, 0.15) is 6.04 Å². The van der Waals surface area contributed by atoms with Crippen molar-refractivity contribution in [3.8, 4) is 0 Å². The molecule has 0 aliphatic rings. The lowest BCUT2D eigenvalue weighted by molar-refractivity contribution is -0.676. The fourth-order valence-corrected chi connectivity index (χ4v) is 4.09. The first-order chi connectivity index (χ1) is 13.2. The largest absolute Gasteiger partial charge is 0.344 e. The Kier molecular flexibility index (Phi) is 6.80. The van der Waals surface area contributed by atoms with Gasteiger partial charge in [0.15, 0.2) is 6.54 Å². The summed E-state index contributed by atoms with van der Waals surface area (Å²) in [5.41, 5.74) is 3.61. The molecule has 0 radical (unpaired) electrons. The SMILES string of the molecule is CC[C@@H](NC(=O)C[NH2+][C@H](c1ccccc1)c1cccs1)c1ccc(C)cc1. The fraction of sp³-hybridized carbons (Fsp3) is 0.261. The van der Waals surface area contributed by atoms with Crippen molar-refractivity contribution in [3.63, 3.8) is 0 Å². The van der Waals surface area contributed by atoms with E-state index in [4.69, 9.17) is 0 Å². The van der Waals surface area contributed by atoms with Crippen molar-refractivity contribution in [2.75, 3.05) is 6.54 Å². The van der Waals surface area contributed by atoms with Crippen molar-refractivity contribution in [2.45, 2.75) is 32.4 Å². The van der Waals surface area contributed by atoms with Crippen LogP contribution in [0.25, 0.3) is 0 Å². The van der Waals surface area contributed by atoms with E-state index in [0.717, 1.165) is 12.0 Å². The van der Waals surface area contributed by atoms with Gasteiger partial charge in [-0.2, -0.15) is 0 Å². The predicted molar refractivity (Wildman–Crippen MR) is 112 cm³/mol. The third-order valence-electron chi connectivity index (χ3n) is 4.77. The summed E-state index contributed by atoms with van der Waals surface area (Å²) < 4.78 is 0. The second-order valence-electron chi connectivity index (χ2n) is 6.78. The van der Waals surface area contributed by atoms with Crippen LogP contribution in [-0.4, -0.2) is 12.5 Å². The van der Waals surface area contributed by atoms with Gasteiger partial charge in [-0.3, -0.25) is 4.79 Å². The Morgan fingerprint density at radius 2 is 1.74 bits per heavy atom. The third-order valence-corrected chi connectivity index (χ3v) is 5.73. The fourth-order valence-electron chi connectivity index (χ4n) is 3.24. The van der Waals surface area contributed by atoms with E-state index >= 15 is 0 Å². The van der Waals surface area contributed by atoms with Crippen molar-refractivity contribution in [1.82, 2.24) is 5.32 Å². The van der Waals surface area contributed by atoms with Gasteiger partial charge in [0.05, 0.1) is 10.9 Å². The van der Waals surface area contributed by atoms with Gasteiger partial charge in [-0.1, -0.05) is 73.2 Å². The standard InChI is InChI=1S/C23H26N2OS/c1-3-20(18-13-11-17(2)12-14-18)25-22(26)16-24-23(21-10-7-15-27-21)19-8-5-4-6-9-19/h4-15,20,23-24H,3,16H2,1-2H3,(H,25,26)/p+1/t20-,23-/m1/s1. The zero-order chi connectivity index (χ0) is 19.1. The molecule has 1 aromatic heterocycles. The van der Waals surface area contributed by atoms with Crippen LogP contribution in [0, 0.1) is 6.92 Å². The van der Waals surface area contributed by atoms with Crippen molar-refractivity contribution in [3.05, 3.63) is 93.7 Å². The molecule has 1 amide bonds. The van der Waals surface area contributed by atoms with Gasteiger partial charge in [-0.15, -0.1) is 11.3 Å². The lowest BCUT2D eigenvalue weighted by Crippen LogP contribution is -2.87. The number of hydrogen-bond acceptors (Lipinski definition) is 2. The maximum absolute atomic E-state index is 12.6. The van der Waals surface area contributed by atoms with E-state index < -0.39 is 0 Å². The number of carbonyl (C=O) groups excluding carboxylic acids is 1. The Balaban J connectivity index is 1.64. The molecule has 0 saturated carbocycles. The van der Waals surface area contributed by atoms with Crippen molar-refractivity contribution >= 4 is 17.2 Å². The quantitative estimate of drug-likeness (QED) is 0.611. The molecule has 0 aliphatic heterocycles. The van der Waals surface area contributed by atoms with Crippen molar-refractivity contribution in [1.29, 1.82) is 0 Å². The maximum Gasteiger partial charge on any atom is 0.275 e. The Hall–Kier alpha value is -2.43. The zero-order valence-corrected chi connectivity index (χ0v) is 16.7. The smallest absolute Gasteiger partial charge is 0.275 e. The summed E-state index contributed by atoms with van der Waals surface area (Å²) in [7, 11) is 0. The molecule has 2 aromatic carbocycles. The summed E-state index contributed by atoms with van der Waals surface area (Å²) >= 11 is 1.73. The number of thiophene rings is 1. The normalized spacial score (nSPS) is 13.1. The topological polar surface area (TPSA) is 45.7 Å². The first-order valence-corrected chi connectivity index (χ1v) is 10.3. The van der Waals surface area contributed by atoms with Gasteiger partial charge in [0.25, 0.3) is 5.91 Å². The monoisotopic (exact) mass is 379 g/mol. The number of aryl methyl sites for hydroxylation is 1. The van der Waals surface area contributed by atoms with Gasteiger partial charge in [-0.05, 0) is 30.4 Å². The predicted octanol–water partition coefficient (Wildman–Crippen LogP) is 3.98. The molecule has 0 fully saturated rings. The molecule has 1 heterocycles. The summed E-state index contributed by atoms with van der Waals surface area (Å²) in [6, 6.07) is 23.2. The third kappa shape index (κ3) is 5.28. The molecule has 0 spiro atoms. The summed E-state index contributed by atoms with van der Waals surface area (Å²) in [4.78, 5) is 13.9. The number of hydrogen-bond donors (Lipinski definition) is 2. The molecule has 3 nitrogen and oxygen atoms in total. The van der Waals surface area contributed by atoms with Gasteiger partial charge >= 0.3 is 0 Å². The molecule has 0 aliphatic carbocycles. The molecule has 0 bridgehead atoms. The van der Waals surface area contributed by atoms with Gasteiger partial charge in [0, 0.05) is 5.56 Å². The second-order valence-corrected chi connectivity index (χ2v) is 7.76. The molecule has 27 heavy (non-hydrogen) atoms. The summed E-state index contributed by atoms with van der Waals surface area (Å²) in [6.45, 7) is 4.58. The molecule has 3 aromatic rings. The average molecular weight is 380 g/mol. The number of carbonyl (C=O) groups is 1. The highest BCUT2D eigenvalue weighted by atomic mass is 32.1. The second kappa shape index (κ2) is 9.49. The highest BCUT2D eigenvalue weighted by Gasteiger charge is 2.21. The number of rotatable bonds is 8. The molecular weight excluding hydrogens is 352 g/mol. The molecule has 3 rings (SSSR count). The van der Waals surface area contributed by atoms with E-state index in [1.165, 1.54) is 16.0 Å². The Labute approximate surface area is 165 Å². The maximum atomic E-state index is 12.6. The van der Waals surface area contributed by atoms with Crippen LogP contribution < -0.4 is 10.6 Å². The minimum atomic E-state index is 0.0587. The van der Waals surface area contributed by atoms with E-state index in [2.05, 4.69) is 78.4 Å². The van der Waals surface area contributed by atoms with Gasteiger partial charge in [0.2, 0.25) is 0 Å². The number of amides is 1. The molecule has 4 heteroatoms. The average Bonchev–Trinajstić information content (AvgIpc) is 3.22. The van der Waals surface area contributed by atoms with E-state index in [9.17, 15) is 4.79 Å². The number of quaternary nitrogens is 1. The lowest BCUT2D eigenvalue weighted by Gasteiger charge is -2.19. The first-order valence-electron chi connectivity index (χ1n) is 9.45. The Morgan fingerprint density at radius 1 is 1.00 bits per heavy atom. The Bertz CT molecular complexity index is 829. The summed E-state index contributed by atoms with van der Waals surface area (Å²) in [6.07, 6.45) is 0.877. The van der Waals surface area contributed by atoms with E-state index in [0.29, 0.717) is 6.54 Å². The minimum Gasteiger partial charge on any atom is -0.344 e. The van der Waals surface area contributed by atoms with Crippen molar-refractivity contribution < 1.29 is 10.1 Å². The zero-order valence-electron chi connectivity index (χ0n) is 15.9. The van der Waals surface area contributed by atoms with Crippen LogP contribution in [-0.2, 0) is 4.79 Å². The van der Waals surface area contributed by atoms with Gasteiger partial charge in [-0.25, -0.2) is 0 Å². The highest BCUT2D eigenvalue weighted by Crippen LogP contribution is 2.22. The van der Waals surface area contributed by atoms with Crippen LogP contribution in [0.15, 0.2) is 72.1 Å². The molecule has 2 atom stereocenters. The number of nitrogens with one attached hydrogen (secondary N) is 1. The molecule has 140 valence electrons. The van der Waals surface area contributed by atoms with E-state index in [1.807, 2.05) is 18.2 Å². The Morgan fingerprint density at radius 3 is 2.37 bits per heavy atom. The van der Waals surface area contributed by atoms with Crippen LogP contribution >= 0.6 is 11.3 Å². The van der Waals surface area contributed by atoms with E-state index in [1.54, 1.807) is 11.3 Å². The summed E-state index contributed by atoms with van der Waals surface area (Å²) in [5.74, 6) is 0.0694. The number of nitrogens with two attached hydrogens (primary N) is 1. The van der Waals surface area contributed by atoms with E-state index in [-0.39, 0.29) is 18.0 Å². The number of benzene rings is 2. The first kappa shape index (κ1) is 19.3. The van der Waals surface area contributed by atoms with Crippen LogP contribution in [0.5, 0.6) is 0 Å². The van der Waals surface area contributed by atoms with Crippen LogP contribution in [0.4, 0.5) is 0 Å². The van der Waals surface area contributed by atoms with Crippen LogP contribution in [0.1, 0.15) is 47.0 Å². The van der Waals surface area contributed by atoms with Crippen molar-refractivity contribution in [2.24, 2.45) is 0 Å². The molecular formula is C23H27N2OS+. The molecule has 3 N–H and O–H groups in total. The van der Waals surface area contributed by atoms with Gasteiger partial charge < -0.3 is 10.6 Å². The molecule has 0 saturated heterocycles.